The van der Waals surface area contributed by atoms with Gasteiger partial charge in [0.15, 0.2) is 0 Å². The van der Waals surface area contributed by atoms with Gasteiger partial charge in [0.2, 0.25) is 0 Å². The van der Waals surface area contributed by atoms with Crippen LogP contribution in [-0.2, 0) is 6.54 Å². The topological polar surface area (TPSA) is 38.5 Å². The minimum Gasteiger partial charge on any atom is -0.492 e. The van der Waals surface area contributed by atoms with Gasteiger partial charge >= 0.3 is 0 Å². The van der Waals surface area contributed by atoms with Crippen molar-refractivity contribution >= 4 is 15.9 Å². The van der Waals surface area contributed by atoms with Crippen LogP contribution in [0.4, 0.5) is 0 Å². The fourth-order valence-corrected chi connectivity index (χ4v) is 2.98. The molecule has 1 saturated heterocycles. The van der Waals surface area contributed by atoms with E-state index < -0.39 is 0 Å². The van der Waals surface area contributed by atoms with Crippen molar-refractivity contribution in [3.8, 4) is 5.75 Å². The van der Waals surface area contributed by atoms with Crippen LogP contribution in [0.25, 0.3) is 0 Å². The van der Waals surface area contributed by atoms with Crippen LogP contribution in [0, 0.1) is 0 Å². The average Bonchev–Trinajstić information content (AvgIpc) is 2.77. The summed E-state index contributed by atoms with van der Waals surface area (Å²) in [6, 6.07) is 6.72. The average molecular weight is 313 g/mol. The summed E-state index contributed by atoms with van der Waals surface area (Å²) in [6.45, 7) is 2.56. The molecule has 1 heterocycles. The van der Waals surface area contributed by atoms with E-state index in [9.17, 15) is 0 Å². The Morgan fingerprint density at radius 1 is 1.50 bits per heavy atom. The van der Waals surface area contributed by atoms with Crippen LogP contribution in [0.3, 0.4) is 0 Å². The van der Waals surface area contributed by atoms with Crippen molar-refractivity contribution in [2.75, 3.05) is 20.2 Å². The molecule has 1 aromatic carbocycles. The van der Waals surface area contributed by atoms with Crippen molar-refractivity contribution in [3.63, 3.8) is 0 Å². The molecular formula is C14H21BrN2O. The third kappa shape index (κ3) is 3.46. The molecule has 0 amide bonds. The molecule has 0 bridgehead atoms. The molecule has 3 nitrogen and oxygen atoms in total. The minimum atomic E-state index is 0.561. The Bertz CT molecular complexity index is 397. The van der Waals surface area contributed by atoms with Gasteiger partial charge in [-0.3, -0.25) is 0 Å². The maximum atomic E-state index is 5.83. The van der Waals surface area contributed by atoms with Crippen LogP contribution in [0.2, 0.25) is 0 Å². The summed E-state index contributed by atoms with van der Waals surface area (Å²) in [5, 5.41) is 0. The van der Waals surface area contributed by atoms with Crippen LogP contribution in [0.1, 0.15) is 24.8 Å². The van der Waals surface area contributed by atoms with Crippen LogP contribution in [0.15, 0.2) is 22.7 Å². The zero-order chi connectivity index (χ0) is 13.0. The van der Waals surface area contributed by atoms with E-state index in [2.05, 4.69) is 27.9 Å². The zero-order valence-electron chi connectivity index (χ0n) is 10.9. The van der Waals surface area contributed by atoms with E-state index in [0.29, 0.717) is 12.6 Å². The number of nitrogens with zero attached hydrogens (tertiary/aromatic N) is 1. The van der Waals surface area contributed by atoms with E-state index in [0.717, 1.165) is 28.8 Å². The van der Waals surface area contributed by atoms with Crippen LogP contribution < -0.4 is 10.5 Å². The molecule has 1 atom stereocenters. The van der Waals surface area contributed by atoms with Gasteiger partial charge in [-0.2, -0.15) is 0 Å². The maximum Gasteiger partial charge on any atom is 0.133 e. The number of benzene rings is 1. The quantitative estimate of drug-likeness (QED) is 0.908. The highest BCUT2D eigenvalue weighted by molar-refractivity contribution is 9.10. The molecule has 1 aliphatic rings. The van der Waals surface area contributed by atoms with Crippen molar-refractivity contribution in [2.45, 2.75) is 31.8 Å². The summed E-state index contributed by atoms with van der Waals surface area (Å²) < 4.78 is 6.82. The fourth-order valence-electron chi connectivity index (χ4n) is 2.44. The molecule has 1 fully saturated rings. The van der Waals surface area contributed by atoms with Gasteiger partial charge in [-0.1, -0.05) is 6.07 Å². The van der Waals surface area contributed by atoms with Gasteiger partial charge in [0, 0.05) is 12.6 Å². The van der Waals surface area contributed by atoms with Crippen molar-refractivity contribution in [2.24, 2.45) is 5.73 Å². The number of rotatable bonds is 5. The first-order chi connectivity index (χ1) is 8.70. The Labute approximate surface area is 117 Å². The van der Waals surface area contributed by atoms with Crippen molar-refractivity contribution in [3.05, 3.63) is 28.2 Å². The predicted molar refractivity (Wildman–Crippen MR) is 77.8 cm³/mol. The Balaban J connectivity index is 1.83. The predicted octanol–water partition coefficient (Wildman–Crippen LogP) is 2.77. The summed E-state index contributed by atoms with van der Waals surface area (Å²) in [5.74, 6) is 0.910. The van der Waals surface area contributed by atoms with Crippen LogP contribution >= 0.6 is 15.9 Å². The lowest BCUT2D eigenvalue weighted by Crippen LogP contribution is -2.26. The fraction of sp³-hybridized carbons (Fsp3) is 0.571. The molecular weight excluding hydrogens is 292 g/mol. The molecule has 18 heavy (non-hydrogen) atoms. The molecule has 0 aromatic heterocycles. The van der Waals surface area contributed by atoms with E-state index in [4.69, 9.17) is 10.5 Å². The SMILES string of the molecule is CN1CCCC1CCOc1ccc(CN)cc1Br. The molecule has 2 N–H and O–H groups in total. The lowest BCUT2D eigenvalue weighted by Gasteiger charge is -2.19. The van der Waals surface area contributed by atoms with Crippen molar-refractivity contribution < 1.29 is 4.74 Å². The van der Waals surface area contributed by atoms with Gasteiger partial charge in [0.05, 0.1) is 11.1 Å². The second-order valence-corrected chi connectivity index (χ2v) is 5.74. The lowest BCUT2D eigenvalue weighted by molar-refractivity contribution is 0.232. The van der Waals surface area contributed by atoms with E-state index >= 15 is 0 Å². The van der Waals surface area contributed by atoms with Gasteiger partial charge in [-0.05, 0) is 66.5 Å². The largest absolute Gasteiger partial charge is 0.492 e. The van der Waals surface area contributed by atoms with E-state index in [1.54, 1.807) is 0 Å². The second-order valence-electron chi connectivity index (χ2n) is 4.88. The molecule has 4 heteroatoms. The maximum absolute atomic E-state index is 5.83. The van der Waals surface area contributed by atoms with Crippen molar-refractivity contribution in [1.82, 2.24) is 4.90 Å². The van der Waals surface area contributed by atoms with E-state index in [1.165, 1.54) is 19.4 Å². The first-order valence-corrected chi connectivity index (χ1v) is 7.31. The highest BCUT2D eigenvalue weighted by atomic mass is 79.9. The van der Waals surface area contributed by atoms with E-state index in [-0.39, 0.29) is 0 Å². The smallest absolute Gasteiger partial charge is 0.133 e. The van der Waals surface area contributed by atoms with Gasteiger partial charge in [0.1, 0.15) is 5.75 Å². The Morgan fingerprint density at radius 2 is 2.33 bits per heavy atom. The monoisotopic (exact) mass is 312 g/mol. The zero-order valence-corrected chi connectivity index (χ0v) is 12.4. The number of hydrogen-bond acceptors (Lipinski definition) is 3. The molecule has 2 rings (SSSR count). The Hall–Kier alpha value is -0.580. The summed E-state index contributed by atoms with van der Waals surface area (Å²) in [7, 11) is 2.20. The number of hydrogen-bond donors (Lipinski definition) is 1. The molecule has 0 aliphatic carbocycles. The van der Waals surface area contributed by atoms with Gasteiger partial charge in [-0.25, -0.2) is 0 Å². The number of ether oxygens (including phenoxy) is 1. The first-order valence-electron chi connectivity index (χ1n) is 6.52. The number of likely N-dealkylation sites (tertiary alicyclic amines) is 1. The van der Waals surface area contributed by atoms with E-state index in [1.807, 2.05) is 18.2 Å². The Morgan fingerprint density at radius 3 is 2.94 bits per heavy atom. The van der Waals surface area contributed by atoms with Crippen LogP contribution in [-0.4, -0.2) is 31.1 Å². The molecule has 0 spiro atoms. The summed E-state index contributed by atoms with van der Waals surface area (Å²) in [4.78, 5) is 2.43. The highest BCUT2D eigenvalue weighted by Gasteiger charge is 2.20. The van der Waals surface area contributed by atoms with Crippen molar-refractivity contribution in [1.29, 1.82) is 0 Å². The molecule has 1 aliphatic heterocycles. The number of halogens is 1. The van der Waals surface area contributed by atoms with Gasteiger partial charge < -0.3 is 15.4 Å². The minimum absolute atomic E-state index is 0.561. The van der Waals surface area contributed by atoms with Crippen LogP contribution in [0.5, 0.6) is 5.75 Å². The molecule has 0 saturated carbocycles. The molecule has 0 radical (unpaired) electrons. The summed E-state index contributed by atoms with van der Waals surface area (Å²) >= 11 is 3.52. The molecule has 1 unspecified atom stereocenters. The highest BCUT2D eigenvalue weighted by Crippen LogP contribution is 2.26. The standard InChI is InChI=1S/C14H21BrN2O/c1-17-7-2-3-12(17)6-8-18-14-5-4-11(10-16)9-13(14)15/h4-5,9,12H,2-3,6-8,10,16H2,1H3. The molecule has 1 aromatic rings. The number of nitrogens with two attached hydrogens (primary N) is 1. The summed E-state index contributed by atoms with van der Waals surface area (Å²) in [5.41, 5.74) is 6.72. The summed E-state index contributed by atoms with van der Waals surface area (Å²) in [6.07, 6.45) is 3.71. The van der Waals surface area contributed by atoms with Gasteiger partial charge in [-0.15, -0.1) is 0 Å². The second kappa shape index (κ2) is 6.55. The third-order valence-corrected chi connectivity index (χ3v) is 4.23. The first kappa shape index (κ1) is 13.8. The molecule has 100 valence electrons. The normalized spacial score (nSPS) is 20.3. The third-order valence-electron chi connectivity index (χ3n) is 3.61. The lowest BCUT2D eigenvalue weighted by atomic mass is 10.1. The Kier molecular flexibility index (Phi) is 5.03. The van der Waals surface area contributed by atoms with Gasteiger partial charge in [0.25, 0.3) is 0 Å².